The maximum atomic E-state index is 11.2. The van der Waals surface area contributed by atoms with Gasteiger partial charge in [-0.3, -0.25) is 5.32 Å². The molecular weight excluding hydrogens is 216 g/mol. The molecule has 0 unspecified atom stereocenters. The topological polar surface area (TPSA) is 70.4 Å². The minimum Gasteiger partial charge on any atom is -0.397 e. The van der Waals surface area contributed by atoms with E-state index in [2.05, 4.69) is 17.2 Å². The van der Waals surface area contributed by atoms with Crippen molar-refractivity contribution < 1.29 is 4.79 Å². The number of aryl methyl sites for hydroxylation is 1. The van der Waals surface area contributed by atoms with E-state index in [1.807, 2.05) is 25.1 Å². The molecule has 0 aromatic heterocycles. The second kappa shape index (κ2) is 5.25. The van der Waals surface area contributed by atoms with Gasteiger partial charge in [0.25, 0.3) is 0 Å². The van der Waals surface area contributed by atoms with E-state index in [9.17, 15) is 4.79 Å². The first-order valence-electron chi connectivity index (χ1n) is 5.23. The Bertz CT molecular complexity index is 442. The van der Waals surface area contributed by atoms with Crippen molar-refractivity contribution in [1.82, 2.24) is 10.6 Å². The number of nitrogen functional groups attached to an aromatic ring is 1. The summed E-state index contributed by atoms with van der Waals surface area (Å²) in [5.74, 6) is 0.458. The van der Waals surface area contributed by atoms with Crippen molar-refractivity contribution in [1.29, 1.82) is 0 Å². The molecule has 5 nitrogen and oxygen atoms in total. The van der Waals surface area contributed by atoms with Gasteiger partial charge >= 0.3 is 6.03 Å². The second-order valence-electron chi connectivity index (χ2n) is 3.77. The van der Waals surface area contributed by atoms with E-state index in [1.54, 1.807) is 19.0 Å². The summed E-state index contributed by atoms with van der Waals surface area (Å²) < 4.78 is 0. The zero-order valence-electron chi connectivity index (χ0n) is 10.4. The largest absolute Gasteiger partial charge is 0.397 e. The van der Waals surface area contributed by atoms with Gasteiger partial charge in [0.1, 0.15) is 5.82 Å². The molecule has 5 heteroatoms. The molecule has 92 valence electrons. The minimum absolute atomic E-state index is 0.312. The van der Waals surface area contributed by atoms with Crippen LogP contribution in [0.25, 0.3) is 0 Å². The van der Waals surface area contributed by atoms with Gasteiger partial charge in [0.2, 0.25) is 0 Å². The zero-order chi connectivity index (χ0) is 13.0. The predicted molar refractivity (Wildman–Crippen MR) is 70.7 cm³/mol. The molecular formula is C12H18N4O. The molecule has 0 heterocycles. The fourth-order valence-electron chi connectivity index (χ4n) is 1.40. The summed E-state index contributed by atoms with van der Waals surface area (Å²) in [5.41, 5.74) is 8.45. The Balaban J connectivity index is 2.85. The average molecular weight is 234 g/mol. The number of nitrogens with one attached hydrogen (secondary N) is 2. The molecule has 0 saturated carbocycles. The number of rotatable bonds is 3. The number of amides is 2. The highest BCUT2D eigenvalue weighted by Crippen LogP contribution is 2.24. The van der Waals surface area contributed by atoms with Crippen LogP contribution in [-0.2, 0) is 0 Å². The highest BCUT2D eigenvalue weighted by Gasteiger charge is 2.10. The first-order chi connectivity index (χ1) is 7.95. The monoisotopic (exact) mass is 234 g/mol. The molecule has 17 heavy (non-hydrogen) atoms. The van der Waals surface area contributed by atoms with Crippen LogP contribution in [0.5, 0.6) is 0 Å². The molecule has 1 aromatic rings. The molecule has 0 fully saturated rings. The summed E-state index contributed by atoms with van der Waals surface area (Å²) in [6, 6.07) is 5.41. The molecule has 0 radical (unpaired) electrons. The van der Waals surface area contributed by atoms with Gasteiger partial charge in [-0.15, -0.1) is 0 Å². The summed E-state index contributed by atoms with van der Waals surface area (Å²) in [5, 5.41) is 5.05. The van der Waals surface area contributed by atoms with Crippen LogP contribution in [-0.4, -0.2) is 20.1 Å². The van der Waals surface area contributed by atoms with Gasteiger partial charge in [-0.25, -0.2) is 4.79 Å². The highest BCUT2D eigenvalue weighted by molar-refractivity contribution is 5.77. The fourth-order valence-corrected chi connectivity index (χ4v) is 1.40. The number of carbonyl (C=O) groups is 1. The summed E-state index contributed by atoms with van der Waals surface area (Å²) in [6.45, 7) is 5.75. The van der Waals surface area contributed by atoms with E-state index in [-0.39, 0.29) is 6.03 Å². The number of hydrogen-bond acceptors (Lipinski definition) is 3. The maximum absolute atomic E-state index is 11.2. The van der Waals surface area contributed by atoms with Crippen molar-refractivity contribution in [3.63, 3.8) is 0 Å². The van der Waals surface area contributed by atoms with Gasteiger partial charge < -0.3 is 16.0 Å². The van der Waals surface area contributed by atoms with Gasteiger partial charge in [0, 0.05) is 14.1 Å². The standard InChI is InChI=1S/C12H18N4O/c1-8-5-6-11(10(13)7-8)16(4)9(2)15-12(17)14-3/h5-7H,2,13H2,1,3-4H3,(H2,14,15,17). The van der Waals surface area contributed by atoms with E-state index >= 15 is 0 Å². The Hall–Kier alpha value is -2.17. The van der Waals surface area contributed by atoms with Crippen molar-refractivity contribution in [2.45, 2.75) is 6.92 Å². The Kier molecular flexibility index (Phi) is 3.98. The Morgan fingerprint density at radius 2 is 2.12 bits per heavy atom. The second-order valence-corrected chi connectivity index (χ2v) is 3.77. The van der Waals surface area contributed by atoms with E-state index in [1.165, 1.54) is 0 Å². The lowest BCUT2D eigenvalue weighted by molar-refractivity contribution is 0.245. The van der Waals surface area contributed by atoms with Gasteiger partial charge in [-0.05, 0) is 24.6 Å². The van der Waals surface area contributed by atoms with Crippen LogP contribution >= 0.6 is 0 Å². The van der Waals surface area contributed by atoms with Crippen LogP contribution in [0.4, 0.5) is 16.2 Å². The summed E-state index contributed by atoms with van der Waals surface area (Å²) in [7, 11) is 3.34. The molecule has 0 saturated heterocycles. The Morgan fingerprint density at radius 3 is 2.65 bits per heavy atom. The maximum Gasteiger partial charge on any atom is 0.320 e. The number of nitrogens with zero attached hydrogens (tertiary/aromatic N) is 1. The predicted octanol–water partition coefficient (Wildman–Crippen LogP) is 1.41. The molecule has 0 aliphatic rings. The van der Waals surface area contributed by atoms with Gasteiger partial charge in [0.15, 0.2) is 0 Å². The van der Waals surface area contributed by atoms with Crippen molar-refractivity contribution in [2.75, 3.05) is 24.7 Å². The van der Waals surface area contributed by atoms with Crippen molar-refractivity contribution in [3.8, 4) is 0 Å². The Morgan fingerprint density at radius 1 is 1.47 bits per heavy atom. The lowest BCUT2D eigenvalue weighted by atomic mass is 10.2. The molecule has 0 spiro atoms. The number of benzene rings is 1. The molecule has 1 aromatic carbocycles. The van der Waals surface area contributed by atoms with E-state index in [4.69, 9.17) is 5.73 Å². The number of urea groups is 1. The molecule has 4 N–H and O–H groups in total. The van der Waals surface area contributed by atoms with E-state index < -0.39 is 0 Å². The molecule has 0 aliphatic heterocycles. The fraction of sp³-hybridized carbons (Fsp3) is 0.250. The molecule has 1 rings (SSSR count). The zero-order valence-corrected chi connectivity index (χ0v) is 10.4. The van der Waals surface area contributed by atoms with Crippen LogP contribution in [0.1, 0.15) is 5.56 Å². The summed E-state index contributed by atoms with van der Waals surface area (Å²) >= 11 is 0. The first-order valence-corrected chi connectivity index (χ1v) is 5.23. The first kappa shape index (κ1) is 12.9. The summed E-state index contributed by atoms with van der Waals surface area (Å²) in [6.07, 6.45) is 0. The third-order valence-corrected chi connectivity index (χ3v) is 2.43. The van der Waals surface area contributed by atoms with Crippen molar-refractivity contribution in [3.05, 3.63) is 36.2 Å². The average Bonchev–Trinajstić information content (AvgIpc) is 2.28. The van der Waals surface area contributed by atoms with Gasteiger partial charge in [0.05, 0.1) is 11.4 Å². The van der Waals surface area contributed by atoms with Crippen LogP contribution in [0.3, 0.4) is 0 Å². The lowest BCUT2D eigenvalue weighted by Gasteiger charge is -2.23. The van der Waals surface area contributed by atoms with Crippen LogP contribution < -0.4 is 21.3 Å². The normalized spacial score (nSPS) is 9.59. The molecule has 0 atom stereocenters. The van der Waals surface area contributed by atoms with Crippen molar-refractivity contribution in [2.24, 2.45) is 0 Å². The van der Waals surface area contributed by atoms with Gasteiger partial charge in [-0.2, -0.15) is 0 Å². The Labute approximate surface area is 101 Å². The number of hydrogen-bond donors (Lipinski definition) is 3. The molecule has 0 bridgehead atoms. The molecule has 2 amide bonds. The van der Waals surface area contributed by atoms with Crippen LogP contribution in [0.2, 0.25) is 0 Å². The minimum atomic E-state index is -0.312. The van der Waals surface area contributed by atoms with Crippen LogP contribution in [0, 0.1) is 6.92 Å². The quantitative estimate of drug-likeness (QED) is 0.693. The van der Waals surface area contributed by atoms with Crippen molar-refractivity contribution >= 4 is 17.4 Å². The smallest absolute Gasteiger partial charge is 0.320 e. The number of nitrogens with two attached hydrogens (primary N) is 1. The SMILES string of the molecule is C=C(NC(=O)NC)N(C)c1ccc(C)cc1N. The van der Waals surface area contributed by atoms with Crippen LogP contribution in [0.15, 0.2) is 30.6 Å². The van der Waals surface area contributed by atoms with E-state index in [0.717, 1.165) is 11.3 Å². The summed E-state index contributed by atoms with van der Waals surface area (Å²) in [4.78, 5) is 12.9. The number of anilines is 2. The lowest BCUT2D eigenvalue weighted by Crippen LogP contribution is -2.37. The third-order valence-electron chi connectivity index (χ3n) is 2.43. The van der Waals surface area contributed by atoms with E-state index in [0.29, 0.717) is 11.5 Å². The van der Waals surface area contributed by atoms with Gasteiger partial charge in [-0.1, -0.05) is 12.6 Å². The third kappa shape index (κ3) is 3.14. The molecule has 0 aliphatic carbocycles. The highest BCUT2D eigenvalue weighted by atomic mass is 16.2. The number of carbonyl (C=O) groups excluding carboxylic acids is 1.